The highest BCUT2D eigenvalue weighted by molar-refractivity contribution is 8.00. The number of benzene rings is 1. The van der Waals surface area contributed by atoms with E-state index in [1.54, 1.807) is 19.2 Å². The molecule has 1 aromatic rings. The lowest BCUT2D eigenvalue weighted by Gasteiger charge is -2.21. The maximum Gasteiger partial charge on any atom is 0.308 e. The zero-order valence-corrected chi connectivity index (χ0v) is 14.9. The lowest BCUT2D eigenvalue weighted by atomic mass is 9.97. The van der Waals surface area contributed by atoms with E-state index in [2.05, 4.69) is 0 Å². The largest absolute Gasteiger partial charge is 0.481 e. The number of carbonyl (C=O) groups excluding carboxylic acids is 2. The summed E-state index contributed by atoms with van der Waals surface area (Å²) in [7, 11) is 1.61. The number of Topliss-reactive ketones (excluding diaryl/α,β-unsaturated/α-hetero) is 1. The summed E-state index contributed by atoms with van der Waals surface area (Å²) in [5, 5.41) is 8.67. The molecule has 0 spiro atoms. The van der Waals surface area contributed by atoms with Gasteiger partial charge in [-0.1, -0.05) is 38.1 Å². The van der Waals surface area contributed by atoms with Crippen LogP contribution in [0, 0.1) is 0 Å². The number of amides is 1. The van der Waals surface area contributed by atoms with Crippen molar-refractivity contribution in [2.75, 3.05) is 12.8 Å². The van der Waals surface area contributed by atoms with Crippen LogP contribution in [0.4, 0.5) is 0 Å². The Bertz CT molecular complexity index is 693. The minimum absolute atomic E-state index is 0.0977. The molecule has 6 heteroatoms. The highest BCUT2D eigenvalue weighted by atomic mass is 32.2. The average Bonchev–Trinajstić information content (AvgIpc) is 2.79. The van der Waals surface area contributed by atoms with Gasteiger partial charge in [0, 0.05) is 23.8 Å². The van der Waals surface area contributed by atoms with E-state index in [1.807, 2.05) is 26.0 Å². The second-order valence-electron chi connectivity index (χ2n) is 5.57. The standard InChI is InChI=1S/C18H21NO4S/c1-4-11-6-8-12(9-7-11)16(22)15-13(10-14(20)21)17(23)19(3)18(15)24-5-2/h6-9,18H,4-5,10H2,1-3H3,(H,20,21)/t18-/m1/s1. The number of likely N-dealkylation sites (N-methyl/N-ethyl adjacent to an activating group) is 1. The molecule has 0 fully saturated rings. The van der Waals surface area contributed by atoms with Crippen LogP contribution in [0.15, 0.2) is 35.4 Å². The Labute approximate surface area is 145 Å². The Morgan fingerprint density at radius 3 is 2.33 bits per heavy atom. The minimum atomic E-state index is -1.11. The molecule has 128 valence electrons. The van der Waals surface area contributed by atoms with Gasteiger partial charge in [-0.2, -0.15) is 0 Å². The van der Waals surface area contributed by atoms with Crippen molar-refractivity contribution < 1.29 is 19.5 Å². The number of thioether (sulfide) groups is 1. The molecule has 0 aliphatic carbocycles. The van der Waals surface area contributed by atoms with Gasteiger partial charge in [-0.3, -0.25) is 14.4 Å². The van der Waals surface area contributed by atoms with Gasteiger partial charge in [-0.15, -0.1) is 11.8 Å². The second kappa shape index (κ2) is 7.66. The third-order valence-electron chi connectivity index (χ3n) is 4.02. The highest BCUT2D eigenvalue weighted by Crippen LogP contribution is 2.35. The van der Waals surface area contributed by atoms with Crippen molar-refractivity contribution in [1.29, 1.82) is 0 Å². The van der Waals surface area contributed by atoms with Crippen LogP contribution in [0.2, 0.25) is 0 Å². The molecule has 1 aromatic carbocycles. The first kappa shape index (κ1) is 18.3. The summed E-state index contributed by atoms with van der Waals surface area (Å²) in [4.78, 5) is 38.0. The SMILES string of the molecule is CCS[C@@H]1C(C(=O)c2ccc(CC)cc2)=C(CC(=O)O)C(=O)N1C. The van der Waals surface area contributed by atoms with Crippen molar-refractivity contribution >= 4 is 29.4 Å². The molecule has 1 amide bonds. The molecule has 1 aliphatic rings. The first-order chi connectivity index (χ1) is 11.4. The van der Waals surface area contributed by atoms with E-state index in [-0.39, 0.29) is 17.3 Å². The predicted octanol–water partition coefficient (Wildman–Crippen LogP) is 2.75. The fraction of sp³-hybridized carbons (Fsp3) is 0.389. The van der Waals surface area contributed by atoms with Crippen LogP contribution >= 0.6 is 11.8 Å². The number of nitrogens with zero attached hydrogens (tertiary/aromatic N) is 1. The van der Waals surface area contributed by atoms with Crippen LogP contribution in [0.5, 0.6) is 0 Å². The molecule has 0 radical (unpaired) electrons. The van der Waals surface area contributed by atoms with Gasteiger partial charge in [0.25, 0.3) is 5.91 Å². The Kier molecular flexibility index (Phi) is 5.83. The monoisotopic (exact) mass is 347 g/mol. The van der Waals surface area contributed by atoms with Crippen molar-refractivity contribution in [2.24, 2.45) is 0 Å². The van der Waals surface area contributed by atoms with E-state index in [0.717, 1.165) is 12.0 Å². The number of carboxylic acids is 1. The number of rotatable bonds is 7. The van der Waals surface area contributed by atoms with E-state index in [9.17, 15) is 14.4 Å². The molecule has 1 N–H and O–H groups in total. The zero-order valence-electron chi connectivity index (χ0n) is 14.0. The van der Waals surface area contributed by atoms with E-state index in [0.29, 0.717) is 16.9 Å². The molecular formula is C18H21NO4S. The number of hydrogen-bond acceptors (Lipinski definition) is 4. The maximum absolute atomic E-state index is 13.0. The van der Waals surface area contributed by atoms with Crippen LogP contribution in [0.3, 0.4) is 0 Å². The normalized spacial score (nSPS) is 17.5. The molecule has 0 saturated heterocycles. The molecule has 1 aliphatic heterocycles. The van der Waals surface area contributed by atoms with Gasteiger partial charge in [-0.25, -0.2) is 0 Å². The number of hydrogen-bond donors (Lipinski definition) is 1. The summed E-state index contributed by atoms with van der Waals surface area (Å²) in [6.07, 6.45) is 0.440. The van der Waals surface area contributed by atoms with Crippen LogP contribution in [0.25, 0.3) is 0 Å². The Morgan fingerprint density at radius 2 is 1.83 bits per heavy atom. The Morgan fingerprint density at radius 1 is 1.21 bits per heavy atom. The molecule has 0 aromatic heterocycles. The maximum atomic E-state index is 13.0. The fourth-order valence-electron chi connectivity index (χ4n) is 2.75. The fourth-order valence-corrected chi connectivity index (χ4v) is 3.80. The van der Waals surface area contributed by atoms with Crippen molar-refractivity contribution in [3.63, 3.8) is 0 Å². The molecular weight excluding hydrogens is 326 g/mol. The summed E-state index contributed by atoms with van der Waals surface area (Å²) < 4.78 is 0. The van der Waals surface area contributed by atoms with Crippen molar-refractivity contribution in [3.8, 4) is 0 Å². The van der Waals surface area contributed by atoms with E-state index in [1.165, 1.54) is 16.7 Å². The molecule has 24 heavy (non-hydrogen) atoms. The first-order valence-corrected chi connectivity index (χ1v) is 8.92. The number of carboxylic acid groups (broad SMARTS) is 1. The number of aliphatic carboxylic acids is 1. The van der Waals surface area contributed by atoms with Gasteiger partial charge in [0.1, 0.15) is 5.37 Å². The number of carbonyl (C=O) groups is 3. The van der Waals surface area contributed by atoms with Gasteiger partial charge in [-0.05, 0) is 17.7 Å². The van der Waals surface area contributed by atoms with Gasteiger partial charge in [0.05, 0.1) is 6.42 Å². The van der Waals surface area contributed by atoms with Gasteiger partial charge in [0.2, 0.25) is 0 Å². The van der Waals surface area contributed by atoms with Gasteiger partial charge in [0.15, 0.2) is 5.78 Å². The molecule has 1 atom stereocenters. The second-order valence-corrected chi connectivity index (χ2v) is 6.92. The molecule has 0 unspecified atom stereocenters. The number of ketones is 1. The van der Waals surface area contributed by atoms with E-state index >= 15 is 0 Å². The Balaban J connectivity index is 2.48. The van der Waals surface area contributed by atoms with Crippen molar-refractivity contribution in [1.82, 2.24) is 4.90 Å². The molecule has 1 heterocycles. The molecule has 2 rings (SSSR count). The highest BCUT2D eigenvalue weighted by Gasteiger charge is 2.41. The predicted molar refractivity (Wildman–Crippen MR) is 94.1 cm³/mol. The number of aryl methyl sites for hydroxylation is 1. The summed E-state index contributed by atoms with van der Waals surface area (Å²) in [5.41, 5.74) is 2.00. The quantitative estimate of drug-likeness (QED) is 0.768. The molecule has 5 nitrogen and oxygen atoms in total. The lowest BCUT2D eigenvalue weighted by molar-refractivity contribution is -0.137. The van der Waals surface area contributed by atoms with E-state index < -0.39 is 17.8 Å². The summed E-state index contributed by atoms with van der Waals surface area (Å²) in [5.74, 6) is -1.04. The average molecular weight is 347 g/mol. The zero-order chi connectivity index (χ0) is 17.9. The van der Waals surface area contributed by atoms with Crippen LogP contribution < -0.4 is 0 Å². The van der Waals surface area contributed by atoms with Crippen molar-refractivity contribution in [2.45, 2.75) is 32.1 Å². The van der Waals surface area contributed by atoms with Crippen LogP contribution in [-0.4, -0.2) is 45.8 Å². The van der Waals surface area contributed by atoms with Crippen LogP contribution in [-0.2, 0) is 16.0 Å². The third kappa shape index (κ3) is 3.53. The minimum Gasteiger partial charge on any atom is -0.481 e. The smallest absolute Gasteiger partial charge is 0.308 e. The van der Waals surface area contributed by atoms with Gasteiger partial charge >= 0.3 is 5.97 Å². The summed E-state index contributed by atoms with van der Waals surface area (Å²) in [6, 6.07) is 7.24. The first-order valence-electron chi connectivity index (χ1n) is 7.87. The third-order valence-corrected chi connectivity index (χ3v) is 5.22. The van der Waals surface area contributed by atoms with E-state index in [4.69, 9.17) is 5.11 Å². The Hall–Kier alpha value is -2.08. The summed E-state index contributed by atoms with van der Waals surface area (Å²) in [6.45, 7) is 3.97. The molecule has 0 saturated carbocycles. The van der Waals surface area contributed by atoms with Crippen LogP contribution in [0.1, 0.15) is 36.2 Å². The summed E-state index contributed by atoms with van der Waals surface area (Å²) >= 11 is 1.45. The lowest BCUT2D eigenvalue weighted by Crippen LogP contribution is -2.31. The topological polar surface area (TPSA) is 74.7 Å². The van der Waals surface area contributed by atoms with Crippen molar-refractivity contribution in [3.05, 3.63) is 46.5 Å². The molecule has 0 bridgehead atoms. The van der Waals surface area contributed by atoms with Gasteiger partial charge < -0.3 is 10.0 Å².